The molecule has 1 saturated heterocycles. The van der Waals surface area contributed by atoms with Crippen LogP contribution in [0.1, 0.15) is 15.9 Å². The van der Waals surface area contributed by atoms with Gasteiger partial charge in [0, 0.05) is 30.0 Å². The summed E-state index contributed by atoms with van der Waals surface area (Å²) in [5, 5.41) is 3.97. The first-order valence-electron chi connectivity index (χ1n) is 7.49. The van der Waals surface area contributed by atoms with Gasteiger partial charge in [-0.1, -0.05) is 17.7 Å². The van der Waals surface area contributed by atoms with E-state index in [0.29, 0.717) is 36.9 Å². The predicted molar refractivity (Wildman–Crippen MR) is 90.4 cm³/mol. The van der Waals surface area contributed by atoms with Gasteiger partial charge in [0.25, 0.3) is 5.91 Å². The third-order valence-corrected chi connectivity index (χ3v) is 4.24. The molecule has 0 unspecified atom stereocenters. The number of ether oxygens (including phenoxy) is 1. The molecule has 120 valence electrons. The number of halogens is 1. The van der Waals surface area contributed by atoms with Crippen molar-refractivity contribution in [2.24, 2.45) is 0 Å². The summed E-state index contributed by atoms with van der Waals surface area (Å²) in [4.78, 5) is 18.5. The Morgan fingerprint density at radius 2 is 2.09 bits per heavy atom. The molecule has 1 amide bonds. The van der Waals surface area contributed by atoms with Gasteiger partial charge < -0.3 is 15.0 Å². The fourth-order valence-corrected chi connectivity index (χ4v) is 2.65. The smallest absolute Gasteiger partial charge is 0.255 e. The van der Waals surface area contributed by atoms with E-state index in [-0.39, 0.29) is 5.91 Å². The molecule has 0 radical (unpaired) electrons. The summed E-state index contributed by atoms with van der Waals surface area (Å²) < 4.78 is 5.28. The average Bonchev–Trinajstić information content (AvgIpc) is 2.59. The van der Waals surface area contributed by atoms with Gasteiger partial charge in [-0.3, -0.25) is 9.78 Å². The second-order valence-corrected chi connectivity index (χ2v) is 5.81. The molecule has 1 aliphatic rings. The number of hydrogen-bond donors (Lipinski definition) is 1. The van der Waals surface area contributed by atoms with E-state index in [0.717, 1.165) is 16.9 Å². The molecule has 5 nitrogen and oxygen atoms in total. The van der Waals surface area contributed by atoms with Crippen LogP contribution in [-0.4, -0.2) is 42.1 Å². The van der Waals surface area contributed by atoms with Gasteiger partial charge in [-0.2, -0.15) is 0 Å². The number of pyridine rings is 1. The lowest BCUT2D eigenvalue weighted by molar-refractivity contribution is 0.0302. The SMILES string of the molecule is Cc1c(Cl)cccc1Nc1cncc(C(=O)N2CCOCC2)c1. The lowest BCUT2D eigenvalue weighted by Crippen LogP contribution is -2.40. The molecule has 0 bridgehead atoms. The molecule has 1 aromatic carbocycles. The summed E-state index contributed by atoms with van der Waals surface area (Å²) in [6.07, 6.45) is 3.28. The summed E-state index contributed by atoms with van der Waals surface area (Å²) in [5.74, 6) is -0.0210. The number of morpholine rings is 1. The van der Waals surface area contributed by atoms with Gasteiger partial charge in [0.15, 0.2) is 0 Å². The summed E-state index contributed by atoms with van der Waals surface area (Å²) in [5.41, 5.74) is 3.18. The van der Waals surface area contributed by atoms with Crippen molar-refractivity contribution in [3.63, 3.8) is 0 Å². The highest BCUT2D eigenvalue weighted by atomic mass is 35.5. The monoisotopic (exact) mass is 331 g/mol. The van der Waals surface area contributed by atoms with Crippen molar-refractivity contribution in [1.82, 2.24) is 9.88 Å². The van der Waals surface area contributed by atoms with Crippen LogP contribution in [0, 0.1) is 6.92 Å². The van der Waals surface area contributed by atoms with Crippen LogP contribution in [0.15, 0.2) is 36.7 Å². The zero-order valence-corrected chi connectivity index (χ0v) is 13.6. The van der Waals surface area contributed by atoms with Crippen LogP contribution in [-0.2, 0) is 4.74 Å². The van der Waals surface area contributed by atoms with E-state index in [2.05, 4.69) is 10.3 Å². The minimum Gasteiger partial charge on any atom is -0.378 e. The largest absolute Gasteiger partial charge is 0.378 e. The number of aromatic nitrogens is 1. The van der Waals surface area contributed by atoms with Crippen molar-refractivity contribution >= 4 is 28.9 Å². The molecule has 1 aliphatic heterocycles. The Morgan fingerprint density at radius 1 is 1.30 bits per heavy atom. The van der Waals surface area contributed by atoms with Gasteiger partial charge in [0.05, 0.1) is 30.7 Å². The highest BCUT2D eigenvalue weighted by Crippen LogP contribution is 2.26. The van der Waals surface area contributed by atoms with Crippen molar-refractivity contribution in [1.29, 1.82) is 0 Å². The number of amides is 1. The summed E-state index contributed by atoms with van der Waals surface area (Å²) in [6.45, 7) is 4.34. The Kier molecular flexibility index (Phi) is 4.79. The summed E-state index contributed by atoms with van der Waals surface area (Å²) in [7, 11) is 0. The van der Waals surface area contributed by atoms with E-state index in [1.54, 1.807) is 17.3 Å². The van der Waals surface area contributed by atoms with Crippen molar-refractivity contribution in [2.45, 2.75) is 6.92 Å². The minimum absolute atomic E-state index is 0.0210. The molecule has 0 atom stereocenters. The van der Waals surface area contributed by atoms with Crippen LogP contribution < -0.4 is 5.32 Å². The van der Waals surface area contributed by atoms with Gasteiger partial charge >= 0.3 is 0 Å². The Hall–Kier alpha value is -2.11. The van der Waals surface area contributed by atoms with E-state index >= 15 is 0 Å². The first-order chi connectivity index (χ1) is 11.1. The second-order valence-electron chi connectivity index (χ2n) is 5.40. The maximum atomic E-state index is 12.5. The standard InChI is InChI=1S/C17H18ClN3O2/c1-12-15(18)3-2-4-16(12)20-14-9-13(10-19-11-14)17(22)21-5-7-23-8-6-21/h2-4,9-11,20H,5-8H2,1H3. The normalized spacial score (nSPS) is 14.6. The molecule has 1 N–H and O–H groups in total. The van der Waals surface area contributed by atoms with Crippen LogP contribution in [0.5, 0.6) is 0 Å². The molecule has 0 aliphatic carbocycles. The second kappa shape index (κ2) is 6.98. The van der Waals surface area contributed by atoms with E-state index in [9.17, 15) is 4.79 Å². The average molecular weight is 332 g/mol. The summed E-state index contributed by atoms with van der Waals surface area (Å²) in [6, 6.07) is 7.48. The fraction of sp³-hybridized carbons (Fsp3) is 0.294. The maximum Gasteiger partial charge on any atom is 0.255 e. The van der Waals surface area contributed by atoms with Gasteiger partial charge in [-0.25, -0.2) is 0 Å². The van der Waals surface area contributed by atoms with E-state index < -0.39 is 0 Å². The molecule has 23 heavy (non-hydrogen) atoms. The zero-order chi connectivity index (χ0) is 16.2. The number of nitrogens with one attached hydrogen (secondary N) is 1. The lowest BCUT2D eigenvalue weighted by atomic mass is 10.2. The fourth-order valence-electron chi connectivity index (χ4n) is 2.47. The van der Waals surface area contributed by atoms with Crippen molar-refractivity contribution < 1.29 is 9.53 Å². The highest BCUT2D eigenvalue weighted by Gasteiger charge is 2.19. The van der Waals surface area contributed by atoms with Crippen LogP contribution in [0.2, 0.25) is 5.02 Å². The Bertz CT molecular complexity index is 715. The molecule has 6 heteroatoms. The van der Waals surface area contributed by atoms with Crippen LogP contribution >= 0.6 is 11.6 Å². The maximum absolute atomic E-state index is 12.5. The number of anilines is 2. The molecular weight excluding hydrogens is 314 g/mol. The molecule has 2 aromatic rings. The van der Waals surface area contributed by atoms with Crippen molar-refractivity contribution in [3.05, 3.63) is 52.8 Å². The van der Waals surface area contributed by atoms with E-state index in [4.69, 9.17) is 16.3 Å². The van der Waals surface area contributed by atoms with Gasteiger partial charge in [0.1, 0.15) is 0 Å². The Morgan fingerprint density at radius 3 is 2.87 bits per heavy atom. The molecule has 2 heterocycles. The highest BCUT2D eigenvalue weighted by molar-refractivity contribution is 6.31. The number of hydrogen-bond acceptors (Lipinski definition) is 4. The van der Waals surface area contributed by atoms with Gasteiger partial charge in [-0.05, 0) is 30.7 Å². The van der Waals surface area contributed by atoms with Crippen molar-refractivity contribution in [2.75, 3.05) is 31.6 Å². The molecule has 0 saturated carbocycles. The third-order valence-electron chi connectivity index (χ3n) is 3.83. The topological polar surface area (TPSA) is 54.5 Å². The van der Waals surface area contributed by atoms with Gasteiger partial charge in [0.2, 0.25) is 0 Å². The molecule has 3 rings (SSSR count). The molecule has 1 aromatic heterocycles. The first kappa shape index (κ1) is 15.8. The Labute approximate surface area is 140 Å². The Balaban J connectivity index is 1.79. The van der Waals surface area contributed by atoms with Crippen LogP contribution in [0.3, 0.4) is 0 Å². The van der Waals surface area contributed by atoms with Crippen LogP contribution in [0.4, 0.5) is 11.4 Å². The molecule has 1 fully saturated rings. The van der Waals surface area contributed by atoms with Crippen molar-refractivity contribution in [3.8, 4) is 0 Å². The number of carbonyl (C=O) groups excluding carboxylic acids is 1. The number of benzene rings is 1. The van der Waals surface area contributed by atoms with E-state index in [1.165, 1.54) is 0 Å². The van der Waals surface area contributed by atoms with Gasteiger partial charge in [-0.15, -0.1) is 0 Å². The molecule has 0 spiro atoms. The predicted octanol–water partition coefficient (Wildman–Crippen LogP) is 3.26. The quantitative estimate of drug-likeness (QED) is 0.938. The minimum atomic E-state index is -0.0210. The first-order valence-corrected chi connectivity index (χ1v) is 7.87. The lowest BCUT2D eigenvalue weighted by Gasteiger charge is -2.26. The number of nitrogens with zero attached hydrogens (tertiary/aromatic N) is 2. The zero-order valence-electron chi connectivity index (χ0n) is 12.9. The molecular formula is C17H18ClN3O2. The summed E-state index contributed by atoms with van der Waals surface area (Å²) >= 11 is 6.14. The van der Waals surface area contributed by atoms with E-state index in [1.807, 2.05) is 31.2 Å². The number of carbonyl (C=O) groups is 1. The van der Waals surface area contributed by atoms with Crippen LogP contribution in [0.25, 0.3) is 0 Å². The number of rotatable bonds is 3. The third kappa shape index (κ3) is 3.63.